The lowest BCUT2D eigenvalue weighted by Gasteiger charge is -2.18. The molecule has 3 rings (SSSR count). The van der Waals surface area contributed by atoms with Crippen molar-refractivity contribution in [3.63, 3.8) is 0 Å². The van der Waals surface area contributed by atoms with Crippen molar-refractivity contribution in [3.8, 4) is 0 Å². The minimum Gasteiger partial charge on any atom is -0.309 e. The molecule has 1 heterocycles. The third kappa shape index (κ3) is 2.97. The fourth-order valence-electron chi connectivity index (χ4n) is 3.35. The summed E-state index contributed by atoms with van der Waals surface area (Å²) in [4.78, 5) is 6.84. The first-order valence-electron chi connectivity index (χ1n) is 8.02. The molecule has 0 fully saturated rings. The fraction of sp³-hybridized carbons (Fsp3) is 0.350. The number of aromatic nitrogens is 1. The van der Waals surface area contributed by atoms with Gasteiger partial charge in [0.25, 0.3) is 0 Å². The molecule has 22 heavy (non-hydrogen) atoms. The van der Waals surface area contributed by atoms with Crippen LogP contribution in [-0.4, -0.2) is 30.5 Å². The lowest BCUT2D eigenvalue weighted by atomic mass is 9.89. The molecule has 1 aliphatic rings. The van der Waals surface area contributed by atoms with Crippen LogP contribution in [0.25, 0.3) is 5.57 Å². The van der Waals surface area contributed by atoms with Crippen LogP contribution in [0.15, 0.2) is 54.2 Å². The highest BCUT2D eigenvalue weighted by Crippen LogP contribution is 2.42. The predicted octanol–water partition coefficient (Wildman–Crippen LogP) is 4.15. The largest absolute Gasteiger partial charge is 0.309 e. The number of allylic oxidation sites excluding steroid dienone is 1. The smallest absolute Gasteiger partial charge is 0.0475 e. The number of benzene rings is 1. The number of fused-ring (bicyclic) bond motifs is 1. The Kier molecular flexibility index (Phi) is 4.39. The van der Waals surface area contributed by atoms with Crippen LogP contribution in [0.2, 0.25) is 0 Å². The summed E-state index contributed by atoms with van der Waals surface area (Å²) in [6.45, 7) is 3.39. The van der Waals surface area contributed by atoms with Gasteiger partial charge < -0.3 is 4.90 Å². The van der Waals surface area contributed by atoms with Gasteiger partial charge in [0.15, 0.2) is 0 Å². The van der Waals surface area contributed by atoms with Crippen LogP contribution < -0.4 is 0 Å². The Morgan fingerprint density at radius 1 is 1.09 bits per heavy atom. The van der Waals surface area contributed by atoms with E-state index >= 15 is 0 Å². The van der Waals surface area contributed by atoms with Crippen LogP contribution in [0.1, 0.15) is 36.1 Å². The zero-order valence-electron chi connectivity index (χ0n) is 13.7. The molecule has 1 aromatic carbocycles. The van der Waals surface area contributed by atoms with E-state index in [0.717, 1.165) is 25.1 Å². The van der Waals surface area contributed by atoms with E-state index in [-0.39, 0.29) is 0 Å². The molecule has 0 spiro atoms. The molecule has 2 heteroatoms. The molecule has 1 aromatic heterocycles. The molecule has 1 atom stereocenters. The van der Waals surface area contributed by atoms with Crippen LogP contribution >= 0.6 is 0 Å². The standard InChI is InChI=1S/C20H24N2/c1-15(19-10-6-7-12-21-19)20-17(11-13-22(2)3)14-16-8-4-5-9-18(16)20/h4-10,12,15H,11,13-14H2,1-3H3/t15-/m1/s1. The van der Waals surface area contributed by atoms with Gasteiger partial charge >= 0.3 is 0 Å². The summed E-state index contributed by atoms with van der Waals surface area (Å²) in [5, 5.41) is 0. The van der Waals surface area contributed by atoms with Crippen molar-refractivity contribution in [1.82, 2.24) is 9.88 Å². The normalized spacial score (nSPS) is 15.3. The molecule has 114 valence electrons. The summed E-state index contributed by atoms with van der Waals surface area (Å²) < 4.78 is 0. The van der Waals surface area contributed by atoms with Crippen LogP contribution in [0.4, 0.5) is 0 Å². The predicted molar refractivity (Wildman–Crippen MR) is 92.9 cm³/mol. The molecule has 0 unspecified atom stereocenters. The lowest BCUT2D eigenvalue weighted by Crippen LogP contribution is -2.14. The number of nitrogens with zero attached hydrogens (tertiary/aromatic N) is 2. The first-order valence-corrected chi connectivity index (χ1v) is 8.02. The quantitative estimate of drug-likeness (QED) is 0.823. The molecule has 0 radical (unpaired) electrons. The van der Waals surface area contributed by atoms with E-state index in [1.807, 2.05) is 12.3 Å². The van der Waals surface area contributed by atoms with E-state index < -0.39 is 0 Å². The van der Waals surface area contributed by atoms with Crippen LogP contribution in [0, 0.1) is 0 Å². The fourth-order valence-corrected chi connectivity index (χ4v) is 3.35. The second-order valence-corrected chi connectivity index (χ2v) is 6.38. The zero-order valence-corrected chi connectivity index (χ0v) is 13.7. The molecule has 0 saturated heterocycles. The second kappa shape index (κ2) is 6.45. The Morgan fingerprint density at radius 3 is 2.59 bits per heavy atom. The molecular formula is C20H24N2. The Labute approximate surface area is 133 Å². The Balaban J connectivity index is 1.99. The highest BCUT2D eigenvalue weighted by Gasteiger charge is 2.26. The Morgan fingerprint density at radius 2 is 1.86 bits per heavy atom. The van der Waals surface area contributed by atoms with E-state index in [2.05, 4.69) is 67.3 Å². The molecule has 2 aromatic rings. The Hall–Kier alpha value is -1.93. The van der Waals surface area contributed by atoms with E-state index in [4.69, 9.17) is 0 Å². The Bertz CT molecular complexity index is 671. The maximum atomic E-state index is 4.58. The average molecular weight is 292 g/mol. The van der Waals surface area contributed by atoms with E-state index in [9.17, 15) is 0 Å². The van der Waals surface area contributed by atoms with Crippen molar-refractivity contribution in [2.45, 2.75) is 25.7 Å². The summed E-state index contributed by atoms with van der Waals surface area (Å²) in [6.07, 6.45) is 4.12. The SMILES string of the molecule is C[C@@H](C1=C(CCN(C)C)Cc2ccccc21)c1ccccn1. The van der Waals surface area contributed by atoms with Gasteiger partial charge in [-0.15, -0.1) is 0 Å². The van der Waals surface area contributed by atoms with Crippen molar-refractivity contribution in [3.05, 3.63) is 71.1 Å². The van der Waals surface area contributed by atoms with Gasteiger partial charge in [0, 0.05) is 24.4 Å². The van der Waals surface area contributed by atoms with E-state index in [1.165, 1.54) is 16.7 Å². The minimum absolute atomic E-state index is 0.349. The molecule has 0 amide bonds. The van der Waals surface area contributed by atoms with Gasteiger partial charge in [-0.2, -0.15) is 0 Å². The maximum absolute atomic E-state index is 4.58. The summed E-state index contributed by atoms with van der Waals surface area (Å²) in [5.74, 6) is 0.349. The highest BCUT2D eigenvalue weighted by atomic mass is 15.0. The molecule has 1 aliphatic carbocycles. The number of hydrogen-bond donors (Lipinski definition) is 0. The van der Waals surface area contributed by atoms with Crippen molar-refractivity contribution < 1.29 is 0 Å². The monoisotopic (exact) mass is 292 g/mol. The molecule has 0 bridgehead atoms. The maximum Gasteiger partial charge on any atom is 0.0475 e. The van der Waals surface area contributed by atoms with Gasteiger partial charge in [-0.1, -0.05) is 42.8 Å². The first-order chi connectivity index (χ1) is 10.7. The van der Waals surface area contributed by atoms with Crippen molar-refractivity contribution in [2.24, 2.45) is 0 Å². The number of hydrogen-bond acceptors (Lipinski definition) is 2. The van der Waals surface area contributed by atoms with Crippen LogP contribution in [0.3, 0.4) is 0 Å². The van der Waals surface area contributed by atoms with E-state index in [1.54, 1.807) is 5.57 Å². The van der Waals surface area contributed by atoms with Gasteiger partial charge in [0.2, 0.25) is 0 Å². The van der Waals surface area contributed by atoms with Gasteiger partial charge in [0.05, 0.1) is 0 Å². The molecule has 2 nitrogen and oxygen atoms in total. The van der Waals surface area contributed by atoms with Gasteiger partial charge in [-0.25, -0.2) is 0 Å². The average Bonchev–Trinajstić information content (AvgIpc) is 2.91. The molecule has 0 saturated carbocycles. The van der Waals surface area contributed by atoms with Gasteiger partial charge in [-0.05, 0) is 55.8 Å². The van der Waals surface area contributed by atoms with Gasteiger partial charge in [0.1, 0.15) is 0 Å². The molecule has 0 aliphatic heterocycles. The van der Waals surface area contributed by atoms with Crippen LogP contribution in [-0.2, 0) is 6.42 Å². The highest BCUT2D eigenvalue weighted by molar-refractivity contribution is 5.80. The third-order valence-corrected chi connectivity index (χ3v) is 4.52. The van der Waals surface area contributed by atoms with Crippen LogP contribution in [0.5, 0.6) is 0 Å². The third-order valence-electron chi connectivity index (χ3n) is 4.52. The topological polar surface area (TPSA) is 16.1 Å². The minimum atomic E-state index is 0.349. The van der Waals surface area contributed by atoms with Crippen molar-refractivity contribution in [2.75, 3.05) is 20.6 Å². The first kappa shape index (κ1) is 15.0. The zero-order chi connectivity index (χ0) is 15.5. The lowest BCUT2D eigenvalue weighted by molar-refractivity contribution is 0.412. The number of pyridine rings is 1. The summed E-state index contributed by atoms with van der Waals surface area (Å²) in [6, 6.07) is 15.0. The summed E-state index contributed by atoms with van der Waals surface area (Å²) in [7, 11) is 4.29. The second-order valence-electron chi connectivity index (χ2n) is 6.38. The van der Waals surface area contributed by atoms with Crippen molar-refractivity contribution in [1.29, 1.82) is 0 Å². The molecule has 0 N–H and O–H groups in total. The number of rotatable bonds is 5. The summed E-state index contributed by atoms with van der Waals surface area (Å²) >= 11 is 0. The van der Waals surface area contributed by atoms with E-state index in [0.29, 0.717) is 5.92 Å². The van der Waals surface area contributed by atoms with Gasteiger partial charge in [-0.3, -0.25) is 4.98 Å². The molecular weight excluding hydrogens is 268 g/mol. The summed E-state index contributed by atoms with van der Waals surface area (Å²) in [5.41, 5.74) is 7.13. The van der Waals surface area contributed by atoms with Crippen molar-refractivity contribution >= 4 is 5.57 Å².